The van der Waals surface area contributed by atoms with Crippen LogP contribution in [0.4, 0.5) is 13.2 Å². The van der Waals surface area contributed by atoms with Crippen molar-refractivity contribution in [2.45, 2.75) is 39.3 Å². The summed E-state index contributed by atoms with van der Waals surface area (Å²) in [4.78, 5) is 24.8. The molecule has 0 atom stereocenters. The Kier molecular flexibility index (Phi) is 8.32. The second-order valence-corrected chi connectivity index (χ2v) is 6.62. The van der Waals surface area contributed by atoms with Crippen LogP contribution in [0, 0.1) is 5.92 Å². The lowest BCUT2D eigenvalue weighted by Crippen LogP contribution is -2.40. The third kappa shape index (κ3) is 6.27. The van der Waals surface area contributed by atoms with E-state index >= 15 is 0 Å². The minimum Gasteiger partial charge on any atom is -0.453 e. The van der Waals surface area contributed by atoms with E-state index in [-0.39, 0.29) is 17.6 Å². The van der Waals surface area contributed by atoms with Gasteiger partial charge in [0.05, 0.1) is 18.1 Å². The Bertz CT molecular complexity index is 822. The van der Waals surface area contributed by atoms with Crippen molar-refractivity contribution in [3.63, 3.8) is 0 Å². The second-order valence-electron chi connectivity index (χ2n) is 6.62. The number of piperidine rings is 1. The van der Waals surface area contributed by atoms with Crippen LogP contribution in [-0.2, 0) is 11.0 Å². The van der Waals surface area contributed by atoms with E-state index in [9.17, 15) is 18.0 Å². The highest BCUT2D eigenvalue weighted by Gasteiger charge is 2.34. The first-order chi connectivity index (χ1) is 14.3. The van der Waals surface area contributed by atoms with Crippen LogP contribution in [0.3, 0.4) is 0 Å². The largest absolute Gasteiger partial charge is 0.453 e. The molecule has 0 unspecified atom stereocenters. The van der Waals surface area contributed by atoms with Crippen molar-refractivity contribution in [2.75, 3.05) is 13.1 Å². The van der Waals surface area contributed by atoms with Crippen molar-refractivity contribution in [2.24, 2.45) is 10.9 Å². The van der Waals surface area contributed by atoms with E-state index in [4.69, 9.17) is 4.74 Å². The lowest BCUT2D eigenvalue weighted by molar-refractivity contribution is -0.145. The normalized spacial score (nSPS) is 16.8. The molecule has 1 aromatic rings. The van der Waals surface area contributed by atoms with E-state index in [0.29, 0.717) is 43.8 Å². The molecule has 2 heterocycles. The summed E-state index contributed by atoms with van der Waals surface area (Å²) in [5.41, 5.74) is 0.681. The summed E-state index contributed by atoms with van der Waals surface area (Å²) < 4.78 is 43.9. The van der Waals surface area contributed by atoms with Gasteiger partial charge in [-0.1, -0.05) is 19.6 Å². The number of carbonyl (C=O) groups is 1. The molecule has 0 saturated carbocycles. The Hall–Kier alpha value is -2.97. The molecule has 2 rings (SSSR count). The summed E-state index contributed by atoms with van der Waals surface area (Å²) in [7, 11) is 0. The monoisotopic (exact) mass is 422 g/mol. The van der Waals surface area contributed by atoms with Gasteiger partial charge in [0.25, 0.3) is 0 Å². The number of ether oxygens (including phenoxy) is 1. The SMILES string of the molecule is C=CC(=O)N1CCC(C(=N\C=C/C)/C(=C/CC)Oc2cnc(C(F)(F)F)nc2)CC1. The topological polar surface area (TPSA) is 67.7 Å². The number of hydrogen-bond acceptors (Lipinski definition) is 5. The first-order valence-corrected chi connectivity index (χ1v) is 9.67. The molecule has 0 aromatic carbocycles. The number of hydrogen-bond donors (Lipinski definition) is 0. The van der Waals surface area contributed by atoms with Gasteiger partial charge < -0.3 is 9.64 Å². The lowest BCUT2D eigenvalue weighted by atomic mass is 9.90. The molecule has 1 aliphatic heterocycles. The van der Waals surface area contributed by atoms with Gasteiger partial charge in [-0.15, -0.1) is 0 Å². The molecule has 6 nitrogen and oxygen atoms in total. The van der Waals surface area contributed by atoms with Crippen molar-refractivity contribution < 1.29 is 22.7 Å². The minimum atomic E-state index is -4.62. The zero-order valence-electron chi connectivity index (χ0n) is 17.0. The molecule has 0 aliphatic carbocycles. The van der Waals surface area contributed by atoms with Crippen LogP contribution in [0.1, 0.15) is 38.9 Å². The molecular weight excluding hydrogens is 397 g/mol. The van der Waals surface area contributed by atoms with Gasteiger partial charge in [-0.25, -0.2) is 9.97 Å². The van der Waals surface area contributed by atoms with E-state index in [1.165, 1.54) is 6.08 Å². The number of aromatic nitrogens is 2. The molecule has 0 radical (unpaired) electrons. The molecular formula is C21H25F3N4O2. The fourth-order valence-corrected chi connectivity index (χ4v) is 3.05. The average Bonchev–Trinajstić information content (AvgIpc) is 2.73. The summed E-state index contributed by atoms with van der Waals surface area (Å²) in [6.07, 6.45) is 5.93. The molecule has 1 saturated heterocycles. The molecule has 30 heavy (non-hydrogen) atoms. The highest BCUT2D eigenvalue weighted by atomic mass is 19.4. The second kappa shape index (κ2) is 10.7. The molecule has 1 amide bonds. The van der Waals surface area contributed by atoms with Crippen molar-refractivity contribution in [3.8, 4) is 5.75 Å². The molecule has 9 heteroatoms. The lowest BCUT2D eigenvalue weighted by Gasteiger charge is -2.32. The van der Waals surface area contributed by atoms with Crippen LogP contribution < -0.4 is 4.74 Å². The molecule has 1 aliphatic rings. The van der Waals surface area contributed by atoms with E-state index in [2.05, 4.69) is 21.5 Å². The Morgan fingerprint density at radius 3 is 2.47 bits per heavy atom. The standard InChI is InChI=1S/C21H25F3N4O2/c1-4-7-17(30-16-13-26-20(27-14-16)21(22,23)24)19(25-10-5-2)15-8-11-28(12-9-15)18(29)6-3/h5-7,10,13-15H,3-4,8-9,11-12H2,1-2H3/b10-5-,17-7-,25-19+. The van der Waals surface area contributed by atoms with Crippen molar-refractivity contribution in [1.29, 1.82) is 0 Å². The van der Waals surface area contributed by atoms with Gasteiger partial charge >= 0.3 is 6.18 Å². The number of likely N-dealkylation sites (tertiary alicyclic amines) is 1. The Morgan fingerprint density at radius 1 is 1.33 bits per heavy atom. The number of nitrogens with zero attached hydrogens (tertiary/aromatic N) is 4. The van der Waals surface area contributed by atoms with E-state index in [0.717, 1.165) is 12.4 Å². The van der Waals surface area contributed by atoms with E-state index < -0.39 is 12.0 Å². The maximum absolute atomic E-state index is 12.7. The van der Waals surface area contributed by atoms with Gasteiger partial charge in [-0.2, -0.15) is 13.2 Å². The van der Waals surface area contributed by atoms with E-state index in [1.807, 2.05) is 19.9 Å². The van der Waals surface area contributed by atoms with Crippen LogP contribution in [-0.4, -0.2) is 39.6 Å². The van der Waals surface area contributed by atoms with Gasteiger partial charge in [0, 0.05) is 25.2 Å². The highest BCUT2D eigenvalue weighted by molar-refractivity contribution is 6.01. The van der Waals surface area contributed by atoms with Gasteiger partial charge in [0.2, 0.25) is 11.7 Å². The van der Waals surface area contributed by atoms with Gasteiger partial charge in [-0.3, -0.25) is 9.79 Å². The number of amides is 1. The molecule has 162 valence electrons. The molecule has 1 fully saturated rings. The summed E-state index contributed by atoms with van der Waals surface area (Å²) in [5, 5.41) is 0. The first-order valence-electron chi connectivity index (χ1n) is 9.67. The van der Waals surface area contributed by atoms with Crippen LogP contribution in [0.2, 0.25) is 0 Å². The average molecular weight is 422 g/mol. The fraction of sp³-hybridized carbons (Fsp3) is 0.429. The molecule has 0 spiro atoms. The maximum Gasteiger partial charge on any atom is 0.451 e. The fourth-order valence-electron chi connectivity index (χ4n) is 3.05. The van der Waals surface area contributed by atoms with Gasteiger partial charge in [0.15, 0.2) is 5.75 Å². The van der Waals surface area contributed by atoms with Crippen molar-refractivity contribution in [3.05, 3.63) is 55.0 Å². The van der Waals surface area contributed by atoms with Gasteiger partial charge in [-0.05, 0) is 38.3 Å². The summed E-state index contributed by atoms with van der Waals surface area (Å²) in [5.74, 6) is -0.758. The number of halogens is 3. The maximum atomic E-state index is 12.7. The molecule has 1 aromatic heterocycles. The number of alkyl halides is 3. The number of allylic oxidation sites excluding steroid dienone is 3. The molecule has 0 N–H and O–H groups in total. The van der Waals surface area contributed by atoms with E-state index in [1.54, 1.807) is 17.2 Å². The highest BCUT2D eigenvalue weighted by Crippen LogP contribution is 2.28. The van der Waals surface area contributed by atoms with Crippen LogP contribution in [0.5, 0.6) is 5.75 Å². The summed E-state index contributed by atoms with van der Waals surface area (Å²) >= 11 is 0. The molecule has 0 bridgehead atoms. The third-order valence-electron chi connectivity index (χ3n) is 4.48. The Balaban J connectivity index is 2.23. The van der Waals surface area contributed by atoms with Crippen molar-refractivity contribution >= 4 is 11.6 Å². The van der Waals surface area contributed by atoms with Crippen LogP contribution >= 0.6 is 0 Å². The Labute approximate surface area is 173 Å². The van der Waals surface area contributed by atoms with Crippen LogP contribution in [0.25, 0.3) is 0 Å². The zero-order chi connectivity index (χ0) is 22.1. The summed E-state index contributed by atoms with van der Waals surface area (Å²) in [6.45, 7) is 8.40. The number of aliphatic imine (C=N–C) groups is 1. The number of rotatable bonds is 7. The number of carbonyl (C=O) groups excluding carboxylic acids is 1. The van der Waals surface area contributed by atoms with Crippen molar-refractivity contribution in [1.82, 2.24) is 14.9 Å². The minimum absolute atomic E-state index is 0.0308. The van der Waals surface area contributed by atoms with Crippen LogP contribution in [0.15, 0.2) is 54.2 Å². The summed E-state index contributed by atoms with van der Waals surface area (Å²) in [6, 6.07) is 0. The zero-order valence-corrected chi connectivity index (χ0v) is 17.0. The predicted octanol–water partition coefficient (Wildman–Crippen LogP) is 4.57. The smallest absolute Gasteiger partial charge is 0.451 e. The quantitative estimate of drug-likeness (QED) is 0.367. The first kappa shape index (κ1) is 23.3. The third-order valence-corrected chi connectivity index (χ3v) is 4.48. The Morgan fingerprint density at radius 2 is 1.97 bits per heavy atom. The van der Waals surface area contributed by atoms with Gasteiger partial charge in [0.1, 0.15) is 5.76 Å². The predicted molar refractivity (Wildman–Crippen MR) is 108 cm³/mol.